The van der Waals surface area contributed by atoms with Crippen LogP contribution in [-0.4, -0.2) is 16.9 Å². The fourth-order valence-corrected chi connectivity index (χ4v) is 2.39. The Morgan fingerprint density at radius 2 is 1.83 bits per heavy atom. The van der Waals surface area contributed by atoms with E-state index in [1.165, 1.54) is 0 Å². The summed E-state index contributed by atoms with van der Waals surface area (Å²) in [5.74, 6) is -0.287. The Labute approximate surface area is 122 Å². The van der Waals surface area contributed by atoms with Gasteiger partial charge in [0, 0.05) is 0 Å². The minimum Gasteiger partial charge on any atom is -0.392 e. The van der Waals surface area contributed by atoms with E-state index in [1.807, 2.05) is 13.8 Å². The van der Waals surface area contributed by atoms with E-state index < -0.39 is 0 Å². The molecule has 0 aromatic heterocycles. The van der Waals surface area contributed by atoms with E-state index in [4.69, 9.17) is 41.2 Å². The second-order valence-corrected chi connectivity index (χ2v) is 5.48. The van der Waals surface area contributed by atoms with Crippen molar-refractivity contribution in [1.29, 1.82) is 0 Å². The average molecular weight is 305 g/mol. The summed E-state index contributed by atoms with van der Waals surface area (Å²) in [5.41, 5.74) is 5.83. The molecule has 1 rings (SSSR count). The molecule has 3 nitrogen and oxygen atoms in total. The van der Waals surface area contributed by atoms with Gasteiger partial charge in [0.1, 0.15) is 0 Å². The maximum Gasteiger partial charge on any atom is 0.254 e. The second-order valence-electron chi connectivity index (χ2n) is 4.19. The van der Waals surface area contributed by atoms with Crippen molar-refractivity contribution in [2.75, 3.05) is 0 Å². The number of nitrogens with two attached hydrogens (primary N) is 1. The van der Waals surface area contributed by atoms with E-state index in [2.05, 4.69) is 5.32 Å². The molecule has 0 saturated heterocycles. The van der Waals surface area contributed by atoms with Gasteiger partial charge < -0.3 is 11.1 Å². The lowest BCUT2D eigenvalue weighted by Crippen LogP contribution is -2.46. The summed E-state index contributed by atoms with van der Waals surface area (Å²) in [7, 11) is 0. The van der Waals surface area contributed by atoms with Gasteiger partial charge >= 0.3 is 0 Å². The molecule has 18 heavy (non-hydrogen) atoms. The summed E-state index contributed by atoms with van der Waals surface area (Å²) in [4.78, 5) is 12.3. The van der Waals surface area contributed by atoms with E-state index >= 15 is 0 Å². The van der Waals surface area contributed by atoms with E-state index in [0.29, 0.717) is 10.0 Å². The first kappa shape index (κ1) is 15.2. The lowest BCUT2D eigenvalue weighted by Gasteiger charge is -2.21. The molecule has 0 aliphatic heterocycles. The fraction of sp³-hybridized carbons (Fsp3) is 0.333. The van der Waals surface area contributed by atoms with Crippen molar-refractivity contribution in [2.24, 2.45) is 11.7 Å². The van der Waals surface area contributed by atoms with Crippen molar-refractivity contribution >= 4 is 46.3 Å². The van der Waals surface area contributed by atoms with Crippen LogP contribution in [0.1, 0.15) is 24.2 Å². The molecule has 98 valence electrons. The molecule has 1 atom stereocenters. The first-order valence-corrected chi connectivity index (χ1v) is 6.55. The zero-order chi connectivity index (χ0) is 13.9. The number of hydrogen-bond acceptors (Lipinski definition) is 2. The number of hydrogen-bond donors (Lipinski definition) is 2. The van der Waals surface area contributed by atoms with Crippen LogP contribution in [0, 0.1) is 5.92 Å². The Hall–Kier alpha value is -0.840. The third kappa shape index (κ3) is 3.57. The summed E-state index contributed by atoms with van der Waals surface area (Å²) in [6, 6.07) is 4.50. The lowest BCUT2D eigenvalue weighted by atomic mass is 10.0. The minimum atomic E-state index is -0.389. The number of halogens is 2. The number of carbonyl (C=O) groups is 1. The topological polar surface area (TPSA) is 55.1 Å². The molecule has 1 unspecified atom stereocenters. The molecule has 0 aliphatic rings. The summed E-state index contributed by atoms with van der Waals surface area (Å²) < 4.78 is 0. The van der Waals surface area contributed by atoms with Gasteiger partial charge in [-0.05, 0) is 18.1 Å². The summed E-state index contributed by atoms with van der Waals surface area (Å²) in [5, 5.41) is 3.33. The van der Waals surface area contributed by atoms with Crippen LogP contribution in [0.4, 0.5) is 0 Å². The van der Waals surface area contributed by atoms with E-state index in [1.54, 1.807) is 18.2 Å². The maximum absolute atomic E-state index is 12.1. The Morgan fingerprint density at radius 1 is 1.33 bits per heavy atom. The van der Waals surface area contributed by atoms with Gasteiger partial charge in [-0.15, -0.1) is 0 Å². The minimum absolute atomic E-state index is 0.0905. The zero-order valence-corrected chi connectivity index (χ0v) is 12.4. The van der Waals surface area contributed by atoms with E-state index in [-0.39, 0.29) is 28.4 Å². The molecule has 1 aromatic rings. The van der Waals surface area contributed by atoms with Crippen molar-refractivity contribution in [3.63, 3.8) is 0 Å². The van der Waals surface area contributed by atoms with Gasteiger partial charge in [-0.1, -0.05) is 55.3 Å². The number of thiocarbonyl (C=S) groups is 1. The number of amides is 1. The predicted octanol–water partition coefficient (Wildman–Crippen LogP) is 3.03. The standard InChI is InChI=1S/C12H14Cl2N2OS/c1-6(2)10(11(15)18)16-12(17)9-7(13)4-3-5-8(9)14/h3-6,10H,1-2H3,(H2,15,18)(H,16,17). The zero-order valence-electron chi connectivity index (χ0n) is 10.0. The van der Waals surface area contributed by atoms with Crippen LogP contribution >= 0.6 is 35.4 Å². The van der Waals surface area contributed by atoms with Crippen LogP contribution in [0.5, 0.6) is 0 Å². The number of benzene rings is 1. The SMILES string of the molecule is CC(C)C(NC(=O)c1c(Cl)cccc1Cl)C(N)=S. The van der Waals surface area contributed by atoms with Gasteiger partial charge in [0.25, 0.3) is 5.91 Å². The molecular weight excluding hydrogens is 291 g/mol. The molecule has 1 amide bonds. The van der Waals surface area contributed by atoms with Crippen LogP contribution in [0.15, 0.2) is 18.2 Å². The summed E-state index contributed by atoms with van der Waals surface area (Å²) >= 11 is 16.8. The van der Waals surface area contributed by atoms with Gasteiger partial charge in [0.15, 0.2) is 0 Å². The third-order valence-corrected chi connectivity index (χ3v) is 3.33. The Kier molecular flexibility index (Phi) is 5.38. The fourth-order valence-electron chi connectivity index (χ4n) is 1.49. The van der Waals surface area contributed by atoms with E-state index in [9.17, 15) is 4.79 Å². The third-order valence-electron chi connectivity index (χ3n) is 2.45. The van der Waals surface area contributed by atoms with Crippen molar-refractivity contribution in [3.8, 4) is 0 Å². The number of rotatable bonds is 4. The molecule has 0 fully saturated rings. The maximum atomic E-state index is 12.1. The van der Waals surface area contributed by atoms with Gasteiger partial charge in [-0.2, -0.15) is 0 Å². The largest absolute Gasteiger partial charge is 0.392 e. The normalized spacial score (nSPS) is 12.3. The van der Waals surface area contributed by atoms with Crippen molar-refractivity contribution < 1.29 is 4.79 Å². The first-order chi connectivity index (χ1) is 8.34. The molecule has 0 bridgehead atoms. The molecule has 3 N–H and O–H groups in total. The molecule has 0 radical (unpaired) electrons. The number of nitrogens with one attached hydrogen (secondary N) is 1. The van der Waals surface area contributed by atoms with Crippen LogP contribution in [0.2, 0.25) is 10.0 Å². The summed E-state index contributed by atoms with van der Waals surface area (Å²) in [6.07, 6.45) is 0. The van der Waals surface area contributed by atoms with Crippen molar-refractivity contribution in [3.05, 3.63) is 33.8 Å². The highest BCUT2D eigenvalue weighted by atomic mass is 35.5. The molecule has 0 aliphatic carbocycles. The second kappa shape index (κ2) is 6.36. The van der Waals surface area contributed by atoms with Crippen LogP contribution in [-0.2, 0) is 0 Å². The Bertz CT molecular complexity index is 457. The Balaban J connectivity index is 2.98. The number of carbonyl (C=O) groups excluding carboxylic acids is 1. The highest BCUT2D eigenvalue weighted by Crippen LogP contribution is 2.24. The van der Waals surface area contributed by atoms with Crippen molar-refractivity contribution in [1.82, 2.24) is 5.32 Å². The quantitative estimate of drug-likeness (QED) is 0.841. The highest BCUT2D eigenvalue weighted by Gasteiger charge is 2.22. The van der Waals surface area contributed by atoms with Gasteiger partial charge in [0.2, 0.25) is 0 Å². The summed E-state index contributed by atoms with van der Waals surface area (Å²) in [6.45, 7) is 3.83. The van der Waals surface area contributed by atoms with Crippen molar-refractivity contribution in [2.45, 2.75) is 19.9 Å². The Morgan fingerprint density at radius 3 is 2.22 bits per heavy atom. The lowest BCUT2D eigenvalue weighted by molar-refractivity contribution is 0.0940. The van der Waals surface area contributed by atoms with Gasteiger partial charge in [-0.3, -0.25) is 4.79 Å². The smallest absolute Gasteiger partial charge is 0.254 e. The van der Waals surface area contributed by atoms with Gasteiger partial charge in [0.05, 0.1) is 26.6 Å². The molecule has 1 aromatic carbocycles. The molecule has 0 heterocycles. The monoisotopic (exact) mass is 304 g/mol. The molecule has 0 spiro atoms. The molecule has 0 saturated carbocycles. The predicted molar refractivity (Wildman–Crippen MR) is 79.3 cm³/mol. The van der Waals surface area contributed by atoms with E-state index in [0.717, 1.165) is 0 Å². The average Bonchev–Trinajstić information content (AvgIpc) is 2.24. The first-order valence-electron chi connectivity index (χ1n) is 5.38. The molecular formula is C12H14Cl2N2OS. The highest BCUT2D eigenvalue weighted by molar-refractivity contribution is 7.80. The molecule has 6 heteroatoms. The van der Waals surface area contributed by atoms with Gasteiger partial charge in [-0.25, -0.2) is 0 Å². The van der Waals surface area contributed by atoms with Crippen LogP contribution in [0.25, 0.3) is 0 Å². The van der Waals surface area contributed by atoms with Crippen LogP contribution in [0.3, 0.4) is 0 Å². The van der Waals surface area contributed by atoms with Crippen LogP contribution < -0.4 is 11.1 Å².